The first kappa shape index (κ1) is 20.1. The molecule has 27 heavy (non-hydrogen) atoms. The second kappa shape index (κ2) is 10.1. The van der Waals surface area contributed by atoms with E-state index in [9.17, 15) is 9.59 Å². The number of aryl methyl sites for hydroxylation is 1. The van der Waals surface area contributed by atoms with Crippen LogP contribution in [0.15, 0.2) is 42.5 Å². The monoisotopic (exact) mass is 372 g/mol. The van der Waals surface area contributed by atoms with Gasteiger partial charge in [-0.05, 0) is 49.2 Å². The Morgan fingerprint density at radius 3 is 2.48 bits per heavy atom. The minimum atomic E-state index is -0.474. The van der Waals surface area contributed by atoms with E-state index in [1.165, 1.54) is 7.11 Å². The summed E-state index contributed by atoms with van der Waals surface area (Å²) in [6, 6.07) is 12.3. The van der Waals surface area contributed by atoms with Crippen LogP contribution in [0.1, 0.15) is 29.8 Å². The van der Waals surface area contributed by atoms with Gasteiger partial charge in [0.05, 0.1) is 13.7 Å². The van der Waals surface area contributed by atoms with Gasteiger partial charge in [0.25, 0.3) is 11.8 Å². The van der Waals surface area contributed by atoms with E-state index in [1.54, 1.807) is 24.3 Å². The summed E-state index contributed by atoms with van der Waals surface area (Å²) >= 11 is 0. The molecule has 0 saturated carbocycles. The minimum absolute atomic E-state index is 0.208. The van der Waals surface area contributed by atoms with Crippen molar-refractivity contribution in [3.63, 3.8) is 0 Å². The van der Waals surface area contributed by atoms with E-state index in [-0.39, 0.29) is 6.61 Å². The Bertz CT molecular complexity index is 792. The number of ether oxygens (including phenoxy) is 3. The topological polar surface area (TPSA) is 85.9 Å². The lowest BCUT2D eigenvalue weighted by atomic mass is 10.2. The number of benzene rings is 2. The van der Waals surface area contributed by atoms with Gasteiger partial charge in [-0.15, -0.1) is 0 Å². The molecule has 0 unspecified atom stereocenters. The van der Waals surface area contributed by atoms with Gasteiger partial charge in [-0.3, -0.25) is 20.4 Å². The second-order valence-corrected chi connectivity index (χ2v) is 5.59. The van der Waals surface area contributed by atoms with Crippen molar-refractivity contribution in [1.82, 2.24) is 10.9 Å². The van der Waals surface area contributed by atoms with Crippen LogP contribution in [0.5, 0.6) is 17.2 Å². The Morgan fingerprint density at radius 1 is 0.963 bits per heavy atom. The first-order valence-electron chi connectivity index (χ1n) is 8.69. The predicted octanol–water partition coefficient (Wildman–Crippen LogP) is 2.50. The number of carbonyl (C=O) groups is 2. The Labute approximate surface area is 158 Å². The van der Waals surface area contributed by atoms with Crippen molar-refractivity contribution >= 4 is 11.8 Å². The molecule has 2 rings (SSSR count). The van der Waals surface area contributed by atoms with E-state index in [0.717, 1.165) is 12.0 Å². The number of hydrogen-bond acceptors (Lipinski definition) is 5. The molecule has 0 aliphatic carbocycles. The fraction of sp³-hybridized carbons (Fsp3) is 0.300. The van der Waals surface area contributed by atoms with E-state index in [1.807, 2.05) is 32.0 Å². The molecule has 0 fully saturated rings. The SMILES string of the molecule is CCOc1ccc(C(=O)NNC(=O)COc2cccc(CC)c2)cc1OC. The highest BCUT2D eigenvalue weighted by atomic mass is 16.5. The van der Waals surface area contributed by atoms with Crippen molar-refractivity contribution in [2.24, 2.45) is 0 Å². The van der Waals surface area contributed by atoms with Crippen LogP contribution in [0.25, 0.3) is 0 Å². The summed E-state index contributed by atoms with van der Waals surface area (Å²) in [6.07, 6.45) is 0.880. The van der Waals surface area contributed by atoms with E-state index >= 15 is 0 Å². The van der Waals surface area contributed by atoms with Crippen LogP contribution in [0, 0.1) is 0 Å². The standard InChI is InChI=1S/C20H24N2O5/c1-4-14-7-6-8-16(11-14)27-13-19(23)21-22-20(24)15-9-10-17(26-5-2)18(12-15)25-3/h6-12H,4-5,13H2,1-3H3,(H,21,23)(H,22,24). The van der Waals surface area contributed by atoms with E-state index in [4.69, 9.17) is 14.2 Å². The summed E-state index contributed by atoms with van der Waals surface area (Å²) in [5.74, 6) is 0.645. The van der Waals surface area contributed by atoms with Crippen molar-refractivity contribution in [1.29, 1.82) is 0 Å². The molecule has 0 aromatic heterocycles. The average molecular weight is 372 g/mol. The van der Waals surface area contributed by atoms with Gasteiger partial charge >= 0.3 is 0 Å². The van der Waals surface area contributed by atoms with Crippen molar-refractivity contribution < 1.29 is 23.8 Å². The molecule has 0 aliphatic heterocycles. The maximum absolute atomic E-state index is 12.2. The number of hydrazine groups is 1. The Kier molecular flexibility index (Phi) is 7.49. The molecule has 0 heterocycles. The maximum Gasteiger partial charge on any atom is 0.276 e. The Morgan fingerprint density at radius 2 is 1.78 bits per heavy atom. The number of amides is 2. The Balaban J connectivity index is 1.86. The van der Waals surface area contributed by atoms with Gasteiger partial charge in [0.15, 0.2) is 18.1 Å². The van der Waals surface area contributed by atoms with Gasteiger partial charge in [-0.25, -0.2) is 0 Å². The van der Waals surface area contributed by atoms with Gasteiger partial charge < -0.3 is 14.2 Å². The van der Waals surface area contributed by atoms with Gasteiger partial charge in [-0.1, -0.05) is 19.1 Å². The zero-order valence-electron chi connectivity index (χ0n) is 15.7. The molecule has 2 aromatic carbocycles. The van der Waals surface area contributed by atoms with E-state index in [0.29, 0.717) is 29.4 Å². The molecular weight excluding hydrogens is 348 g/mol. The third-order valence-electron chi connectivity index (χ3n) is 3.72. The lowest BCUT2D eigenvalue weighted by molar-refractivity contribution is -0.123. The lowest BCUT2D eigenvalue weighted by Crippen LogP contribution is -2.43. The van der Waals surface area contributed by atoms with E-state index < -0.39 is 11.8 Å². The average Bonchev–Trinajstić information content (AvgIpc) is 2.71. The second-order valence-electron chi connectivity index (χ2n) is 5.59. The highest BCUT2D eigenvalue weighted by Crippen LogP contribution is 2.27. The van der Waals surface area contributed by atoms with Crippen molar-refractivity contribution in [3.05, 3.63) is 53.6 Å². The Hall–Kier alpha value is -3.22. The first-order chi connectivity index (χ1) is 13.1. The number of hydrogen-bond donors (Lipinski definition) is 2. The zero-order valence-corrected chi connectivity index (χ0v) is 15.7. The fourth-order valence-corrected chi connectivity index (χ4v) is 2.32. The van der Waals surface area contributed by atoms with Gasteiger partial charge in [0, 0.05) is 5.56 Å². The summed E-state index contributed by atoms with van der Waals surface area (Å²) in [5.41, 5.74) is 6.11. The summed E-state index contributed by atoms with van der Waals surface area (Å²) in [4.78, 5) is 24.1. The largest absolute Gasteiger partial charge is 0.493 e. The molecule has 0 radical (unpaired) electrons. The third-order valence-corrected chi connectivity index (χ3v) is 3.72. The summed E-state index contributed by atoms with van der Waals surface area (Å²) < 4.78 is 16.0. The first-order valence-corrected chi connectivity index (χ1v) is 8.69. The summed E-state index contributed by atoms with van der Waals surface area (Å²) in [7, 11) is 1.49. The minimum Gasteiger partial charge on any atom is -0.493 e. The molecule has 144 valence electrons. The van der Waals surface area contributed by atoms with Crippen LogP contribution in [-0.2, 0) is 11.2 Å². The molecule has 2 aromatic rings. The van der Waals surface area contributed by atoms with Crippen molar-refractivity contribution in [2.45, 2.75) is 20.3 Å². The molecular formula is C20H24N2O5. The maximum atomic E-state index is 12.2. The summed E-state index contributed by atoms with van der Waals surface area (Å²) in [6.45, 7) is 4.17. The quantitative estimate of drug-likeness (QED) is 0.696. The van der Waals surface area contributed by atoms with E-state index in [2.05, 4.69) is 10.9 Å². The molecule has 2 N–H and O–H groups in total. The van der Waals surface area contributed by atoms with Gasteiger partial charge in [0.1, 0.15) is 5.75 Å². The number of rotatable bonds is 8. The van der Waals surface area contributed by atoms with Gasteiger partial charge in [-0.2, -0.15) is 0 Å². The van der Waals surface area contributed by atoms with Crippen LogP contribution in [0.2, 0.25) is 0 Å². The van der Waals surface area contributed by atoms with Crippen LogP contribution in [0.4, 0.5) is 0 Å². The number of nitrogens with one attached hydrogen (secondary N) is 2. The van der Waals surface area contributed by atoms with Crippen LogP contribution in [-0.4, -0.2) is 32.1 Å². The zero-order chi connectivity index (χ0) is 19.6. The molecule has 0 atom stereocenters. The molecule has 0 aliphatic rings. The lowest BCUT2D eigenvalue weighted by Gasteiger charge is -2.12. The molecule has 0 saturated heterocycles. The molecule has 2 amide bonds. The van der Waals surface area contributed by atoms with Crippen molar-refractivity contribution in [3.8, 4) is 17.2 Å². The van der Waals surface area contributed by atoms with Crippen molar-refractivity contribution in [2.75, 3.05) is 20.3 Å². The fourth-order valence-electron chi connectivity index (χ4n) is 2.32. The third kappa shape index (κ3) is 5.91. The number of carbonyl (C=O) groups excluding carboxylic acids is 2. The molecule has 0 spiro atoms. The highest BCUT2D eigenvalue weighted by molar-refractivity contribution is 5.96. The number of methoxy groups -OCH3 is 1. The molecule has 7 heteroatoms. The predicted molar refractivity (Wildman–Crippen MR) is 101 cm³/mol. The highest BCUT2D eigenvalue weighted by Gasteiger charge is 2.12. The van der Waals surface area contributed by atoms with Gasteiger partial charge in [0.2, 0.25) is 0 Å². The van der Waals surface area contributed by atoms with Crippen LogP contribution < -0.4 is 25.1 Å². The summed E-state index contributed by atoms with van der Waals surface area (Å²) in [5, 5.41) is 0. The van der Waals surface area contributed by atoms with Crippen LogP contribution in [0.3, 0.4) is 0 Å². The normalized spacial score (nSPS) is 10.0. The molecule has 0 bridgehead atoms. The smallest absolute Gasteiger partial charge is 0.276 e. The van der Waals surface area contributed by atoms with Crippen LogP contribution >= 0.6 is 0 Å². The molecule has 7 nitrogen and oxygen atoms in total.